The van der Waals surface area contributed by atoms with Crippen molar-refractivity contribution < 1.29 is 0 Å². The number of benzene rings is 1. The summed E-state index contributed by atoms with van der Waals surface area (Å²) in [7, 11) is 0. The van der Waals surface area contributed by atoms with Gasteiger partial charge < -0.3 is 4.90 Å². The van der Waals surface area contributed by atoms with Gasteiger partial charge in [-0.2, -0.15) is 5.26 Å². The molecule has 0 aromatic heterocycles. The van der Waals surface area contributed by atoms with Crippen LogP contribution in [0, 0.1) is 11.3 Å². The lowest BCUT2D eigenvalue weighted by atomic mass is 9.96. The van der Waals surface area contributed by atoms with Gasteiger partial charge in [-0.1, -0.05) is 29.3 Å². The molecule has 1 fully saturated rings. The lowest BCUT2D eigenvalue weighted by Gasteiger charge is -2.38. The Bertz CT molecular complexity index is 448. The molecule has 1 aliphatic rings. The number of hydrogen-bond acceptors (Lipinski definition) is 2. The quantitative estimate of drug-likeness (QED) is 0.823. The van der Waals surface area contributed by atoms with Crippen LogP contribution in [0.4, 0.5) is 5.69 Å². The van der Waals surface area contributed by atoms with Gasteiger partial charge in [0, 0.05) is 17.1 Å². The largest absolute Gasteiger partial charge is 0.367 e. The molecule has 0 N–H and O–H groups in total. The summed E-state index contributed by atoms with van der Waals surface area (Å²) in [5.74, 6) is 0. The van der Waals surface area contributed by atoms with Crippen LogP contribution < -0.4 is 4.90 Å². The van der Waals surface area contributed by atoms with Gasteiger partial charge in [0.05, 0.1) is 11.3 Å². The van der Waals surface area contributed by atoms with E-state index in [1.54, 1.807) is 0 Å². The van der Waals surface area contributed by atoms with Crippen molar-refractivity contribution in [2.75, 3.05) is 11.4 Å². The number of rotatable bonds is 3. The molecule has 0 spiro atoms. The molecular formula is C15H19BrN2. The molecule has 1 atom stereocenters. The third-order valence-electron chi connectivity index (χ3n) is 3.64. The highest BCUT2D eigenvalue weighted by Crippen LogP contribution is 2.31. The molecule has 0 amide bonds. The second-order valence-electron chi connectivity index (χ2n) is 4.90. The van der Waals surface area contributed by atoms with E-state index in [9.17, 15) is 5.26 Å². The van der Waals surface area contributed by atoms with Gasteiger partial charge in [0.2, 0.25) is 0 Å². The van der Waals surface area contributed by atoms with Crippen molar-refractivity contribution in [3.63, 3.8) is 0 Å². The first-order chi connectivity index (χ1) is 8.76. The summed E-state index contributed by atoms with van der Waals surface area (Å²) in [4.78, 5) is 2.44. The van der Waals surface area contributed by atoms with Crippen LogP contribution in [-0.4, -0.2) is 12.6 Å². The van der Waals surface area contributed by atoms with Crippen molar-refractivity contribution >= 4 is 21.6 Å². The molecule has 1 aliphatic heterocycles. The third kappa shape index (κ3) is 2.87. The molecule has 96 valence electrons. The molecule has 0 aliphatic carbocycles. The number of piperidine rings is 1. The minimum Gasteiger partial charge on any atom is -0.367 e. The van der Waals surface area contributed by atoms with Crippen LogP contribution in [0.2, 0.25) is 0 Å². The zero-order valence-electron chi connectivity index (χ0n) is 10.8. The summed E-state index contributed by atoms with van der Waals surface area (Å²) < 4.78 is 0.979. The maximum absolute atomic E-state index is 9.29. The molecule has 3 heteroatoms. The van der Waals surface area contributed by atoms with E-state index in [1.165, 1.54) is 32.1 Å². The predicted molar refractivity (Wildman–Crippen MR) is 78.8 cm³/mol. The van der Waals surface area contributed by atoms with Crippen molar-refractivity contribution in [1.29, 1.82) is 5.26 Å². The Morgan fingerprint density at radius 2 is 2.28 bits per heavy atom. The molecule has 0 radical (unpaired) electrons. The highest BCUT2D eigenvalue weighted by Gasteiger charge is 2.23. The van der Waals surface area contributed by atoms with E-state index in [0.29, 0.717) is 6.04 Å². The molecule has 2 nitrogen and oxygen atoms in total. The first-order valence-electron chi connectivity index (χ1n) is 6.72. The van der Waals surface area contributed by atoms with Crippen molar-refractivity contribution in [3.05, 3.63) is 28.2 Å². The lowest BCUT2D eigenvalue weighted by molar-refractivity contribution is 0.434. The lowest BCUT2D eigenvalue weighted by Crippen LogP contribution is -2.39. The van der Waals surface area contributed by atoms with E-state index in [0.717, 1.165) is 22.3 Å². The van der Waals surface area contributed by atoms with E-state index < -0.39 is 0 Å². The van der Waals surface area contributed by atoms with Crippen LogP contribution >= 0.6 is 15.9 Å². The van der Waals surface area contributed by atoms with Crippen LogP contribution in [0.1, 0.15) is 44.6 Å². The summed E-state index contributed by atoms with van der Waals surface area (Å²) in [5, 5.41) is 9.29. The van der Waals surface area contributed by atoms with Crippen LogP contribution in [0.25, 0.3) is 0 Å². The highest BCUT2D eigenvalue weighted by molar-refractivity contribution is 9.10. The first-order valence-corrected chi connectivity index (χ1v) is 7.52. The molecule has 1 heterocycles. The Labute approximate surface area is 118 Å². The van der Waals surface area contributed by atoms with Crippen LogP contribution in [0.5, 0.6) is 0 Å². The molecule has 2 rings (SSSR count). The topological polar surface area (TPSA) is 27.0 Å². The summed E-state index contributed by atoms with van der Waals surface area (Å²) >= 11 is 3.44. The highest BCUT2D eigenvalue weighted by atomic mass is 79.9. The second kappa shape index (κ2) is 6.24. The van der Waals surface area contributed by atoms with Gasteiger partial charge in [0.25, 0.3) is 0 Å². The van der Waals surface area contributed by atoms with E-state index in [4.69, 9.17) is 0 Å². The minimum atomic E-state index is 0.608. The molecular weight excluding hydrogens is 288 g/mol. The van der Waals surface area contributed by atoms with Gasteiger partial charge in [-0.15, -0.1) is 0 Å². The van der Waals surface area contributed by atoms with E-state index >= 15 is 0 Å². The minimum absolute atomic E-state index is 0.608. The summed E-state index contributed by atoms with van der Waals surface area (Å²) in [6.07, 6.45) is 6.25. The van der Waals surface area contributed by atoms with E-state index in [1.807, 2.05) is 12.1 Å². The number of nitrogens with zero attached hydrogens (tertiary/aromatic N) is 2. The van der Waals surface area contributed by atoms with Crippen LogP contribution in [-0.2, 0) is 0 Å². The van der Waals surface area contributed by atoms with Crippen molar-refractivity contribution in [1.82, 2.24) is 0 Å². The van der Waals surface area contributed by atoms with Crippen LogP contribution in [0.15, 0.2) is 22.7 Å². The zero-order valence-corrected chi connectivity index (χ0v) is 12.4. The van der Waals surface area contributed by atoms with E-state index in [-0.39, 0.29) is 0 Å². The number of anilines is 1. The van der Waals surface area contributed by atoms with Crippen molar-refractivity contribution in [3.8, 4) is 6.07 Å². The fourth-order valence-corrected chi connectivity index (χ4v) is 3.16. The number of halogens is 1. The maximum atomic E-state index is 9.29. The molecule has 0 bridgehead atoms. The van der Waals surface area contributed by atoms with Gasteiger partial charge in [-0.25, -0.2) is 0 Å². The Hall–Kier alpha value is -1.01. The van der Waals surface area contributed by atoms with Crippen LogP contribution in [0.3, 0.4) is 0 Å². The van der Waals surface area contributed by atoms with E-state index in [2.05, 4.69) is 39.9 Å². The molecule has 0 saturated carbocycles. The Kier molecular flexibility index (Phi) is 4.66. The molecule has 1 unspecified atom stereocenters. The summed E-state index contributed by atoms with van der Waals surface area (Å²) in [5.41, 5.74) is 1.89. The average Bonchev–Trinajstić information content (AvgIpc) is 2.40. The second-order valence-corrected chi connectivity index (χ2v) is 5.82. The third-order valence-corrected chi connectivity index (χ3v) is 4.13. The summed E-state index contributed by atoms with van der Waals surface area (Å²) in [6.45, 7) is 3.32. The standard InChI is InChI=1S/C15H19BrN2/c1-2-5-14-6-3-4-9-18(14)15-8-7-13(16)10-12(15)11-17/h7-8,10,14H,2-6,9H2,1H3. The fraction of sp³-hybridized carbons (Fsp3) is 0.533. The summed E-state index contributed by atoms with van der Waals surface area (Å²) in [6, 6.07) is 8.97. The number of hydrogen-bond donors (Lipinski definition) is 0. The van der Waals surface area contributed by atoms with Gasteiger partial charge in [0.1, 0.15) is 6.07 Å². The predicted octanol–water partition coefficient (Wildman–Crippen LogP) is 4.48. The SMILES string of the molecule is CCCC1CCCCN1c1ccc(Br)cc1C#N. The molecule has 1 aromatic rings. The van der Waals surface area contributed by atoms with Gasteiger partial charge in [0.15, 0.2) is 0 Å². The molecule has 1 aromatic carbocycles. The molecule has 18 heavy (non-hydrogen) atoms. The maximum Gasteiger partial charge on any atom is 0.101 e. The van der Waals surface area contributed by atoms with Gasteiger partial charge >= 0.3 is 0 Å². The normalized spacial score (nSPS) is 19.6. The van der Waals surface area contributed by atoms with Crippen molar-refractivity contribution in [2.24, 2.45) is 0 Å². The Balaban J connectivity index is 2.30. The Morgan fingerprint density at radius 3 is 3.00 bits per heavy atom. The van der Waals surface area contributed by atoms with Gasteiger partial charge in [-0.3, -0.25) is 0 Å². The Morgan fingerprint density at radius 1 is 1.44 bits per heavy atom. The first kappa shape index (κ1) is 13.4. The monoisotopic (exact) mass is 306 g/mol. The molecule has 1 saturated heterocycles. The zero-order chi connectivity index (χ0) is 13.0. The average molecular weight is 307 g/mol. The van der Waals surface area contributed by atoms with Gasteiger partial charge in [-0.05, 0) is 43.9 Å². The van der Waals surface area contributed by atoms with Crippen molar-refractivity contribution in [2.45, 2.75) is 45.1 Å². The smallest absolute Gasteiger partial charge is 0.101 e. The fourth-order valence-electron chi connectivity index (χ4n) is 2.80. The number of nitriles is 1.